The van der Waals surface area contributed by atoms with Crippen LogP contribution in [0.3, 0.4) is 0 Å². The van der Waals surface area contributed by atoms with E-state index in [1.807, 2.05) is 0 Å². The number of alkyl halides is 3. The van der Waals surface area contributed by atoms with E-state index in [0.717, 1.165) is 0 Å². The lowest BCUT2D eigenvalue weighted by molar-refractivity contribution is -0.285. The molecule has 2 unspecified atom stereocenters. The number of rotatable bonds is 8. The van der Waals surface area contributed by atoms with Gasteiger partial charge in [0.05, 0.1) is 19.1 Å². The van der Waals surface area contributed by atoms with Gasteiger partial charge in [-0.2, -0.15) is 0 Å². The van der Waals surface area contributed by atoms with E-state index >= 15 is 0 Å². The lowest BCUT2D eigenvalue weighted by Gasteiger charge is -2.24. The molecule has 0 fully saturated rings. The van der Waals surface area contributed by atoms with Crippen LogP contribution in [0.15, 0.2) is 24.5 Å². The number of nitrogens with two attached hydrogens (primary N) is 1. The predicted octanol–water partition coefficient (Wildman–Crippen LogP) is 3.75. The molecule has 5 N–H and O–H groups in total. The largest absolute Gasteiger partial charge is 0.506 e. The van der Waals surface area contributed by atoms with Crippen molar-refractivity contribution in [3.05, 3.63) is 40.5 Å². The Balaban J connectivity index is 2.13. The lowest BCUT2D eigenvalue weighted by Crippen LogP contribution is -2.35. The summed E-state index contributed by atoms with van der Waals surface area (Å²) in [6.45, 7) is 0. The molecular weight excluding hydrogens is 529 g/mol. The van der Waals surface area contributed by atoms with Crippen LogP contribution in [-0.4, -0.2) is 39.9 Å². The Morgan fingerprint density at radius 3 is 2.87 bits per heavy atom. The highest BCUT2D eigenvalue weighted by Crippen LogP contribution is 2.52. The van der Waals surface area contributed by atoms with E-state index in [2.05, 4.69) is 41.2 Å². The van der Waals surface area contributed by atoms with Crippen molar-refractivity contribution < 1.29 is 18.6 Å². The summed E-state index contributed by atoms with van der Waals surface area (Å²) in [7, 11) is 1.45. The molecule has 2 aromatic heterocycles. The topological polar surface area (TPSA) is 165 Å². The molecule has 11 nitrogen and oxygen atoms in total. The van der Waals surface area contributed by atoms with E-state index in [1.165, 1.54) is 25.6 Å². The Bertz CT molecular complexity index is 1100. The Labute approximate surface area is 189 Å². The highest BCUT2D eigenvalue weighted by atomic mass is 79.9. The highest BCUT2D eigenvalue weighted by molar-refractivity contribution is 9.12. The first-order chi connectivity index (χ1) is 14.0. The Kier molecular flexibility index (Phi) is 6.47. The van der Waals surface area contributed by atoms with Gasteiger partial charge in [0, 0.05) is 6.07 Å². The summed E-state index contributed by atoms with van der Waals surface area (Å²) in [4.78, 5) is 26.3. The van der Waals surface area contributed by atoms with Crippen LogP contribution in [0.1, 0.15) is 5.82 Å². The number of thioether (sulfide) groups is 1. The van der Waals surface area contributed by atoms with E-state index in [0.29, 0.717) is 11.3 Å². The molecule has 0 bridgehead atoms. The summed E-state index contributed by atoms with van der Waals surface area (Å²) in [5.74, 6) is 0.0622. The molecule has 2 atom stereocenters. The Hall–Kier alpha value is -2.07. The van der Waals surface area contributed by atoms with Crippen molar-refractivity contribution in [2.75, 3.05) is 12.4 Å². The van der Waals surface area contributed by atoms with Gasteiger partial charge in [0.2, 0.25) is 4.20 Å². The summed E-state index contributed by atoms with van der Waals surface area (Å²) < 4.78 is 13.6. The SMILES string of the molecule is COc1ccc(O)c(Nc2nc(C(N)(S[N+](=O)[O-])SC(F)(Cl)Br)nc3nc[nH]c23)c1. The van der Waals surface area contributed by atoms with Gasteiger partial charge in [0.15, 0.2) is 17.3 Å². The molecule has 0 aliphatic rings. The fourth-order valence-corrected chi connectivity index (χ4v) is 5.52. The number of methoxy groups -OCH3 is 1. The minimum Gasteiger partial charge on any atom is -0.506 e. The fraction of sp³-hybridized carbons (Fsp3) is 0.214. The number of nitro groups is 1. The van der Waals surface area contributed by atoms with Gasteiger partial charge in [0.25, 0.3) is 15.3 Å². The number of imidazole rings is 1. The molecule has 1 aromatic carbocycles. The number of benzene rings is 1. The van der Waals surface area contributed by atoms with Gasteiger partial charge in [-0.25, -0.2) is 19.3 Å². The van der Waals surface area contributed by atoms with Crippen LogP contribution in [0.4, 0.5) is 15.9 Å². The maximum absolute atomic E-state index is 14.0. The normalized spacial score (nSPS) is 15.4. The van der Waals surface area contributed by atoms with E-state index in [9.17, 15) is 19.6 Å². The van der Waals surface area contributed by atoms with Gasteiger partial charge in [-0.05, 0) is 39.8 Å². The number of aromatic hydroxyl groups is 1. The van der Waals surface area contributed by atoms with E-state index in [-0.39, 0.29) is 52.4 Å². The lowest BCUT2D eigenvalue weighted by atomic mass is 10.2. The number of nitrogens with zero attached hydrogens (tertiary/aromatic N) is 4. The second-order valence-corrected chi connectivity index (χ2v) is 11.1. The number of H-pyrrole nitrogens is 1. The summed E-state index contributed by atoms with van der Waals surface area (Å²) in [6, 6.07) is 4.44. The molecule has 0 aliphatic heterocycles. The maximum Gasteiger partial charge on any atom is 0.287 e. The molecule has 160 valence electrons. The average Bonchev–Trinajstić information content (AvgIpc) is 3.10. The average molecular weight is 541 g/mol. The molecule has 0 saturated heterocycles. The maximum atomic E-state index is 14.0. The van der Waals surface area contributed by atoms with Crippen molar-refractivity contribution in [3.8, 4) is 11.5 Å². The molecule has 0 radical (unpaired) electrons. The molecule has 0 amide bonds. The number of phenols is 1. The van der Waals surface area contributed by atoms with E-state index in [1.54, 1.807) is 6.07 Å². The van der Waals surface area contributed by atoms with Crippen LogP contribution >= 0.6 is 51.2 Å². The third kappa shape index (κ3) is 5.15. The van der Waals surface area contributed by atoms with Crippen LogP contribution in [0.25, 0.3) is 11.2 Å². The number of aromatic amines is 1. The zero-order valence-electron chi connectivity index (χ0n) is 14.8. The minimum absolute atomic E-state index is 0.0344. The third-order valence-electron chi connectivity index (χ3n) is 3.53. The number of hydrogen-bond donors (Lipinski definition) is 4. The first kappa shape index (κ1) is 22.6. The molecule has 3 aromatic rings. The third-order valence-corrected chi connectivity index (χ3v) is 6.04. The molecule has 0 spiro atoms. The second-order valence-electron chi connectivity index (χ2n) is 5.54. The van der Waals surface area contributed by atoms with Gasteiger partial charge >= 0.3 is 0 Å². The molecule has 16 heteroatoms. The smallest absolute Gasteiger partial charge is 0.287 e. The molecule has 30 heavy (non-hydrogen) atoms. The molecule has 2 heterocycles. The summed E-state index contributed by atoms with van der Waals surface area (Å²) in [5.41, 5.74) is 6.70. The zero-order valence-corrected chi connectivity index (χ0v) is 18.8. The van der Waals surface area contributed by atoms with Crippen molar-refractivity contribution in [2.45, 2.75) is 7.57 Å². The van der Waals surface area contributed by atoms with Gasteiger partial charge in [0.1, 0.15) is 21.3 Å². The monoisotopic (exact) mass is 539 g/mol. The Morgan fingerprint density at radius 1 is 1.50 bits per heavy atom. The number of phenolic OH excluding ortho intramolecular Hbond substituents is 1. The quantitative estimate of drug-likeness (QED) is 0.0820. The number of hydrogen-bond acceptors (Lipinski definition) is 11. The van der Waals surface area contributed by atoms with Gasteiger partial charge in [-0.15, -0.1) is 0 Å². The summed E-state index contributed by atoms with van der Waals surface area (Å²) >= 11 is 8.22. The van der Waals surface area contributed by atoms with Crippen molar-refractivity contribution in [2.24, 2.45) is 5.73 Å². The number of aromatic nitrogens is 4. The molecule has 0 saturated carbocycles. The first-order valence-corrected chi connectivity index (χ1v) is 10.5. The number of halogens is 3. The van der Waals surface area contributed by atoms with Crippen LogP contribution in [-0.2, 0) is 4.20 Å². The Morgan fingerprint density at radius 2 is 2.23 bits per heavy atom. The van der Waals surface area contributed by atoms with Crippen LogP contribution < -0.4 is 15.8 Å². The standard InChI is InChI=1S/C14H12BrClFN7O4S2/c1-28-6-2-3-8(25)7(4-6)21-11-9-10(20-5-19-9)22-12(23-11)13(18,30-24(26)27)29-14(15,16)17/h2-5,25H,18H2,1H3,(H2,19,20,21,22,23). The number of anilines is 2. The number of nitrogens with one attached hydrogen (secondary N) is 2. The van der Waals surface area contributed by atoms with Crippen molar-refractivity contribution in [3.63, 3.8) is 0 Å². The van der Waals surface area contributed by atoms with Gasteiger partial charge in [-0.1, -0.05) is 11.6 Å². The number of fused-ring (bicyclic) bond motifs is 1. The van der Waals surface area contributed by atoms with Crippen LogP contribution in [0, 0.1) is 10.1 Å². The van der Waals surface area contributed by atoms with Crippen molar-refractivity contribution in [1.82, 2.24) is 19.9 Å². The first-order valence-electron chi connectivity index (χ1n) is 7.75. The molecular formula is C14H12BrClFN7O4S2. The number of ether oxygens (including phenoxy) is 1. The molecule has 3 rings (SSSR count). The van der Waals surface area contributed by atoms with E-state index < -0.39 is 11.9 Å². The predicted molar refractivity (Wildman–Crippen MR) is 116 cm³/mol. The van der Waals surface area contributed by atoms with E-state index in [4.69, 9.17) is 22.1 Å². The summed E-state index contributed by atoms with van der Waals surface area (Å²) in [6.07, 6.45) is 1.32. The molecule has 0 aliphatic carbocycles. The van der Waals surface area contributed by atoms with Gasteiger partial charge < -0.3 is 20.1 Å². The second kappa shape index (κ2) is 8.58. The van der Waals surface area contributed by atoms with Crippen LogP contribution in [0.5, 0.6) is 11.5 Å². The van der Waals surface area contributed by atoms with Crippen molar-refractivity contribution in [1.29, 1.82) is 0 Å². The highest BCUT2D eigenvalue weighted by Gasteiger charge is 2.48. The minimum atomic E-state index is -2.63. The summed E-state index contributed by atoms with van der Waals surface area (Å²) in [5, 5.41) is 24.1. The fourth-order valence-electron chi connectivity index (χ4n) is 2.34. The van der Waals surface area contributed by atoms with Crippen LogP contribution in [0.2, 0.25) is 0 Å². The zero-order chi connectivity index (χ0) is 22.1. The van der Waals surface area contributed by atoms with Gasteiger partial charge in [-0.3, -0.25) is 15.8 Å². The van der Waals surface area contributed by atoms with Crippen molar-refractivity contribution >= 4 is 73.9 Å².